The van der Waals surface area contributed by atoms with Crippen LogP contribution in [0.4, 0.5) is 5.69 Å². The summed E-state index contributed by atoms with van der Waals surface area (Å²) in [6.07, 6.45) is 6.39. The summed E-state index contributed by atoms with van der Waals surface area (Å²) in [5.41, 5.74) is 1.20. The van der Waals surface area contributed by atoms with E-state index in [9.17, 15) is 0 Å². The van der Waals surface area contributed by atoms with Crippen molar-refractivity contribution in [3.8, 4) is 0 Å². The van der Waals surface area contributed by atoms with E-state index in [-0.39, 0.29) is 0 Å². The summed E-state index contributed by atoms with van der Waals surface area (Å²) in [5, 5.41) is 9.26. The minimum atomic E-state index is 0.511. The lowest BCUT2D eigenvalue weighted by Crippen LogP contribution is -2.50. The Bertz CT molecular complexity index is 489. The van der Waals surface area contributed by atoms with Gasteiger partial charge in [0.05, 0.1) is 5.84 Å². The molecule has 0 bridgehead atoms. The fraction of sp³-hybridized carbons (Fsp3) is 0.588. The molecule has 1 saturated carbocycles. The largest absolute Gasteiger partial charge is 0.368 e. The summed E-state index contributed by atoms with van der Waals surface area (Å²) in [6.45, 7) is 3.88. The van der Waals surface area contributed by atoms with Gasteiger partial charge >= 0.3 is 0 Å². The number of rotatable bonds is 2. The predicted molar refractivity (Wildman–Crippen MR) is 89.5 cm³/mol. The highest BCUT2D eigenvalue weighted by molar-refractivity contribution is 6.30. The van der Waals surface area contributed by atoms with Crippen LogP contribution in [0, 0.1) is 11.3 Å². The summed E-state index contributed by atoms with van der Waals surface area (Å²) in [5.74, 6) is 1.40. The minimum absolute atomic E-state index is 0.511. The van der Waals surface area contributed by atoms with Crippen molar-refractivity contribution < 1.29 is 0 Å². The highest BCUT2D eigenvalue weighted by Crippen LogP contribution is 2.27. The van der Waals surface area contributed by atoms with Crippen LogP contribution in [0.1, 0.15) is 32.1 Å². The summed E-state index contributed by atoms with van der Waals surface area (Å²) in [6, 6.07) is 8.08. The van der Waals surface area contributed by atoms with Crippen LogP contribution in [0.15, 0.2) is 24.3 Å². The number of benzene rings is 1. The van der Waals surface area contributed by atoms with Crippen LogP contribution in [0.5, 0.6) is 0 Å². The molecule has 1 heterocycles. The van der Waals surface area contributed by atoms with Gasteiger partial charge in [-0.2, -0.15) is 0 Å². The second kappa shape index (κ2) is 6.69. The van der Waals surface area contributed by atoms with Gasteiger partial charge < -0.3 is 9.80 Å². The van der Waals surface area contributed by atoms with E-state index in [1.54, 1.807) is 0 Å². The Morgan fingerprint density at radius 2 is 1.76 bits per heavy atom. The fourth-order valence-electron chi connectivity index (χ4n) is 3.51. The summed E-state index contributed by atoms with van der Waals surface area (Å²) in [4.78, 5) is 4.66. The maximum Gasteiger partial charge on any atom is 0.0990 e. The van der Waals surface area contributed by atoms with E-state index in [1.165, 1.54) is 37.8 Å². The Morgan fingerprint density at radius 3 is 2.43 bits per heavy atom. The SMILES string of the molecule is N=C(C1CCCCC1)N1CCN(c2cccc(Cl)c2)CC1. The van der Waals surface area contributed by atoms with Gasteiger partial charge in [-0.25, -0.2) is 0 Å². The zero-order valence-electron chi connectivity index (χ0n) is 12.5. The Labute approximate surface area is 132 Å². The minimum Gasteiger partial charge on any atom is -0.368 e. The molecular weight excluding hydrogens is 282 g/mol. The van der Waals surface area contributed by atoms with E-state index < -0.39 is 0 Å². The summed E-state index contributed by atoms with van der Waals surface area (Å²) in [7, 11) is 0. The first-order valence-electron chi connectivity index (χ1n) is 8.08. The quantitative estimate of drug-likeness (QED) is 0.661. The van der Waals surface area contributed by atoms with E-state index in [0.29, 0.717) is 5.92 Å². The number of nitrogens with one attached hydrogen (secondary N) is 1. The molecule has 4 heteroatoms. The van der Waals surface area contributed by atoms with Crippen LogP contribution >= 0.6 is 11.6 Å². The predicted octanol–water partition coefficient (Wildman–Crippen LogP) is 4.02. The normalized spacial score (nSPS) is 20.6. The fourth-order valence-corrected chi connectivity index (χ4v) is 3.70. The van der Waals surface area contributed by atoms with Crippen LogP contribution in [0.2, 0.25) is 5.02 Å². The Hall–Kier alpha value is -1.22. The average Bonchev–Trinajstić information content (AvgIpc) is 2.55. The van der Waals surface area contributed by atoms with E-state index >= 15 is 0 Å². The van der Waals surface area contributed by atoms with E-state index in [2.05, 4.69) is 15.9 Å². The maximum absolute atomic E-state index is 8.47. The van der Waals surface area contributed by atoms with Crippen LogP contribution < -0.4 is 4.90 Å². The molecule has 0 atom stereocenters. The number of piperazine rings is 1. The molecule has 1 saturated heterocycles. The molecule has 0 amide bonds. The Balaban J connectivity index is 1.56. The van der Waals surface area contributed by atoms with Crippen molar-refractivity contribution >= 4 is 23.1 Å². The van der Waals surface area contributed by atoms with Gasteiger partial charge in [0.1, 0.15) is 0 Å². The number of hydrogen-bond acceptors (Lipinski definition) is 2. The van der Waals surface area contributed by atoms with Gasteiger partial charge in [0.2, 0.25) is 0 Å². The molecule has 1 N–H and O–H groups in total. The van der Waals surface area contributed by atoms with Gasteiger partial charge in [-0.3, -0.25) is 5.41 Å². The summed E-state index contributed by atoms with van der Waals surface area (Å²) >= 11 is 6.07. The molecule has 1 aromatic carbocycles. The standard InChI is InChI=1S/C17H24ClN3/c18-15-7-4-8-16(13-15)20-9-11-21(12-10-20)17(19)14-5-2-1-3-6-14/h4,7-8,13-14,19H,1-3,5-6,9-12H2. The van der Waals surface area contributed by atoms with Gasteiger partial charge in [0.15, 0.2) is 0 Å². The van der Waals surface area contributed by atoms with E-state index in [0.717, 1.165) is 37.0 Å². The number of halogens is 1. The van der Waals surface area contributed by atoms with Crippen molar-refractivity contribution in [3.63, 3.8) is 0 Å². The number of amidine groups is 1. The van der Waals surface area contributed by atoms with Crippen molar-refractivity contribution in [3.05, 3.63) is 29.3 Å². The lowest BCUT2D eigenvalue weighted by Gasteiger charge is -2.39. The molecule has 0 unspecified atom stereocenters. The van der Waals surface area contributed by atoms with Crippen LogP contribution in [0.25, 0.3) is 0 Å². The van der Waals surface area contributed by atoms with Crippen LogP contribution in [-0.4, -0.2) is 36.9 Å². The van der Waals surface area contributed by atoms with Crippen molar-refractivity contribution in [2.45, 2.75) is 32.1 Å². The van der Waals surface area contributed by atoms with Gasteiger partial charge in [-0.1, -0.05) is 36.9 Å². The molecule has 0 spiro atoms. The topological polar surface area (TPSA) is 30.3 Å². The van der Waals surface area contributed by atoms with Gasteiger partial charge in [-0.05, 0) is 31.0 Å². The monoisotopic (exact) mass is 305 g/mol. The number of nitrogens with zero attached hydrogens (tertiary/aromatic N) is 2. The molecule has 21 heavy (non-hydrogen) atoms. The highest BCUT2D eigenvalue weighted by Gasteiger charge is 2.25. The van der Waals surface area contributed by atoms with Gasteiger partial charge in [0, 0.05) is 42.8 Å². The second-order valence-electron chi connectivity index (χ2n) is 6.17. The molecule has 2 fully saturated rings. The molecule has 3 rings (SSSR count). The molecule has 114 valence electrons. The molecule has 0 aromatic heterocycles. The third-order valence-electron chi connectivity index (χ3n) is 4.79. The molecule has 1 aromatic rings. The summed E-state index contributed by atoms with van der Waals surface area (Å²) < 4.78 is 0. The zero-order chi connectivity index (χ0) is 14.7. The third-order valence-corrected chi connectivity index (χ3v) is 5.02. The molecular formula is C17H24ClN3. The molecule has 3 nitrogen and oxygen atoms in total. The van der Waals surface area contributed by atoms with Crippen molar-refractivity contribution in [1.82, 2.24) is 4.90 Å². The highest BCUT2D eigenvalue weighted by atomic mass is 35.5. The van der Waals surface area contributed by atoms with Crippen molar-refractivity contribution in [1.29, 1.82) is 5.41 Å². The lowest BCUT2D eigenvalue weighted by atomic mass is 9.88. The first-order valence-corrected chi connectivity index (χ1v) is 8.46. The maximum atomic E-state index is 8.47. The van der Waals surface area contributed by atoms with E-state index in [4.69, 9.17) is 17.0 Å². The van der Waals surface area contributed by atoms with Gasteiger partial charge in [0.25, 0.3) is 0 Å². The molecule has 1 aliphatic carbocycles. The molecule has 1 aliphatic heterocycles. The molecule has 0 radical (unpaired) electrons. The second-order valence-corrected chi connectivity index (χ2v) is 6.61. The average molecular weight is 306 g/mol. The Kier molecular flexibility index (Phi) is 4.69. The van der Waals surface area contributed by atoms with Gasteiger partial charge in [-0.15, -0.1) is 0 Å². The van der Waals surface area contributed by atoms with Crippen molar-refractivity contribution in [2.75, 3.05) is 31.1 Å². The van der Waals surface area contributed by atoms with Crippen LogP contribution in [0.3, 0.4) is 0 Å². The number of hydrogen-bond donors (Lipinski definition) is 1. The number of anilines is 1. The molecule has 2 aliphatic rings. The van der Waals surface area contributed by atoms with E-state index in [1.807, 2.05) is 18.2 Å². The first kappa shape index (κ1) is 14.7. The smallest absolute Gasteiger partial charge is 0.0990 e. The lowest BCUT2D eigenvalue weighted by molar-refractivity contribution is 0.335. The van der Waals surface area contributed by atoms with Crippen LogP contribution in [-0.2, 0) is 0 Å². The third kappa shape index (κ3) is 3.52. The first-order chi connectivity index (χ1) is 10.2. The Morgan fingerprint density at radius 1 is 1.05 bits per heavy atom. The zero-order valence-corrected chi connectivity index (χ0v) is 13.3. The van der Waals surface area contributed by atoms with Crippen molar-refractivity contribution in [2.24, 2.45) is 5.92 Å².